The number of carboxylic acid groups (broad SMARTS) is 1. The molecule has 1 atom stereocenters. The van der Waals surface area contributed by atoms with Gasteiger partial charge in [0.2, 0.25) is 11.7 Å². The lowest BCUT2D eigenvalue weighted by molar-refractivity contribution is 0.0652. The molecular formula is C14H12N2O4. The van der Waals surface area contributed by atoms with Crippen molar-refractivity contribution in [2.75, 3.05) is 6.61 Å². The van der Waals surface area contributed by atoms with Crippen molar-refractivity contribution in [2.45, 2.75) is 13.0 Å². The molecule has 6 nitrogen and oxygen atoms in total. The first-order valence-corrected chi connectivity index (χ1v) is 6.15. The molecule has 3 rings (SSSR count). The van der Waals surface area contributed by atoms with Crippen molar-refractivity contribution in [3.63, 3.8) is 0 Å². The smallest absolute Gasteiger partial charge is 0.374 e. The summed E-state index contributed by atoms with van der Waals surface area (Å²) in [6, 6.07) is 8.95. The van der Waals surface area contributed by atoms with Crippen LogP contribution in [0.5, 0.6) is 0 Å². The Morgan fingerprint density at radius 2 is 2.00 bits per heavy atom. The lowest BCUT2D eigenvalue weighted by atomic mass is 10.1. The Kier molecular flexibility index (Phi) is 2.98. The van der Waals surface area contributed by atoms with Crippen molar-refractivity contribution < 1.29 is 19.2 Å². The summed E-state index contributed by atoms with van der Waals surface area (Å²) in [5.41, 5.74) is 2.15. The molecule has 6 heteroatoms. The van der Waals surface area contributed by atoms with Crippen LogP contribution in [0.15, 0.2) is 39.8 Å². The van der Waals surface area contributed by atoms with Gasteiger partial charge in [0, 0.05) is 17.2 Å². The van der Waals surface area contributed by atoms with E-state index in [1.807, 2.05) is 31.2 Å². The fourth-order valence-electron chi connectivity index (χ4n) is 1.93. The summed E-state index contributed by atoms with van der Waals surface area (Å²) in [7, 11) is 0. The van der Waals surface area contributed by atoms with Crippen LogP contribution in [0.1, 0.15) is 23.0 Å². The van der Waals surface area contributed by atoms with Gasteiger partial charge in [-0.25, -0.2) is 9.79 Å². The van der Waals surface area contributed by atoms with Crippen molar-refractivity contribution >= 4 is 11.9 Å². The zero-order chi connectivity index (χ0) is 14.1. The molecule has 1 aromatic carbocycles. The first-order chi connectivity index (χ1) is 9.63. The number of benzene rings is 1. The van der Waals surface area contributed by atoms with E-state index < -0.39 is 5.97 Å². The molecule has 2 heterocycles. The van der Waals surface area contributed by atoms with Gasteiger partial charge in [0.15, 0.2) is 0 Å². The Bertz CT molecular complexity index is 673. The Morgan fingerprint density at radius 1 is 1.30 bits per heavy atom. The normalized spacial score (nSPS) is 17.6. The van der Waals surface area contributed by atoms with Crippen molar-refractivity contribution in [3.8, 4) is 11.3 Å². The summed E-state index contributed by atoms with van der Waals surface area (Å²) in [6.07, 6.45) is 0. The molecule has 1 aromatic heterocycles. The summed E-state index contributed by atoms with van der Waals surface area (Å²) in [5, 5.41) is 12.5. The van der Waals surface area contributed by atoms with E-state index in [2.05, 4.69) is 10.1 Å². The second kappa shape index (κ2) is 4.80. The minimum absolute atomic E-state index is 0.179. The average molecular weight is 272 g/mol. The third-order valence-electron chi connectivity index (χ3n) is 2.95. The number of aromatic carboxylic acids is 1. The largest absolute Gasteiger partial charge is 0.475 e. The third-order valence-corrected chi connectivity index (χ3v) is 2.95. The van der Waals surface area contributed by atoms with E-state index in [9.17, 15) is 4.79 Å². The first-order valence-electron chi connectivity index (χ1n) is 6.15. The lowest BCUT2D eigenvalue weighted by Crippen LogP contribution is -2.01. The van der Waals surface area contributed by atoms with Crippen molar-refractivity contribution in [1.29, 1.82) is 0 Å². The van der Waals surface area contributed by atoms with Crippen molar-refractivity contribution in [2.24, 2.45) is 4.99 Å². The van der Waals surface area contributed by atoms with Gasteiger partial charge in [0.05, 0.1) is 6.04 Å². The van der Waals surface area contributed by atoms with Crippen molar-refractivity contribution in [3.05, 3.63) is 41.7 Å². The molecule has 2 aromatic rings. The van der Waals surface area contributed by atoms with Crippen LogP contribution in [0.3, 0.4) is 0 Å². The highest BCUT2D eigenvalue weighted by Crippen LogP contribution is 2.21. The van der Waals surface area contributed by atoms with Gasteiger partial charge in [-0.3, -0.25) is 0 Å². The Balaban J connectivity index is 1.85. The van der Waals surface area contributed by atoms with Crippen LogP contribution in [-0.4, -0.2) is 34.8 Å². The van der Waals surface area contributed by atoms with E-state index in [-0.39, 0.29) is 11.8 Å². The molecular weight excluding hydrogens is 260 g/mol. The highest BCUT2D eigenvalue weighted by atomic mass is 16.5. The topological polar surface area (TPSA) is 84.9 Å². The number of hydrogen-bond donors (Lipinski definition) is 1. The highest BCUT2D eigenvalue weighted by molar-refractivity contribution is 5.95. The van der Waals surface area contributed by atoms with E-state index in [1.54, 1.807) is 0 Å². The molecule has 1 aliphatic rings. The summed E-state index contributed by atoms with van der Waals surface area (Å²) in [4.78, 5) is 15.1. The number of ether oxygens (including phenoxy) is 1. The van der Waals surface area contributed by atoms with E-state index in [4.69, 9.17) is 14.4 Å². The maximum atomic E-state index is 10.7. The number of hydrogen-bond acceptors (Lipinski definition) is 5. The molecule has 0 spiro atoms. The molecule has 102 valence electrons. The summed E-state index contributed by atoms with van der Waals surface area (Å²) in [6.45, 7) is 2.59. The van der Waals surface area contributed by atoms with Crippen LogP contribution in [-0.2, 0) is 4.74 Å². The monoisotopic (exact) mass is 272 g/mol. The van der Waals surface area contributed by atoms with E-state index in [0.29, 0.717) is 18.2 Å². The average Bonchev–Trinajstić information content (AvgIpc) is 3.08. The number of rotatable bonds is 3. The van der Waals surface area contributed by atoms with Crippen LogP contribution < -0.4 is 0 Å². The number of nitrogens with zero attached hydrogens (tertiary/aromatic N) is 2. The fourth-order valence-corrected chi connectivity index (χ4v) is 1.93. The highest BCUT2D eigenvalue weighted by Gasteiger charge is 2.17. The molecule has 0 amide bonds. The van der Waals surface area contributed by atoms with Crippen LogP contribution in [0.25, 0.3) is 11.3 Å². The maximum Gasteiger partial charge on any atom is 0.374 e. The summed E-state index contributed by atoms with van der Waals surface area (Å²) < 4.78 is 10.2. The molecule has 1 N–H and O–H groups in total. The van der Waals surface area contributed by atoms with Crippen LogP contribution in [0, 0.1) is 0 Å². The SMILES string of the molecule is CC1COC(c2ccc(-c3cc(C(=O)O)on3)cc2)=N1. The molecule has 0 fully saturated rings. The fraction of sp³-hybridized carbons (Fsp3) is 0.214. The third kappa shape index (κ3) is 2.27. The zero-order valence-electron chi connectivity index (χ0n) is 10.7. The molecule has 0 bridgehead atoms. The molecule has 0 aliphatic carbocycles. The summed E-state index contributed by atoms with van der Waals surface area (Å²) in [5.74, 6) is -0.681. The second-order valence-corrected chi connectivity index (χ2v) is 4.55. The van der Waals surface area contributed by atoms with Gasteiger partial charge in [-0.2, -0.15) is 0 Å². The quantitative estimate of drug-likeness (QED) is 0.925. The minimum atomic E-state index is -1.14. The minimum Gasteiger partial charge on any atom is -0.475 e. The van der Waals surface area contributed by atoms with Gasteiger partial charge < -0.3 is 14.4 Å². The van der Waals surface area contributed by atoms with Gasteiger partial charge >= 0.3 is 5.97 Å². The molecule has 0 saturated heterocycles. The Labute approximate surface area is 114 Å². The van der Waals surface area contributed by atoms with Crippen LogP contribution in [0.2, 0.25) is 0 Å². The maximum absolute atomic E-state index is 10.7. The van der Waals surface area contributed by atoms with Gasteiger partial charge in [0.25, 0.3) is 0 Å². The van der Waals surface area contributed by atoms with E-state index in [1.165, 1.54) is 6.07 Å². The van der Waals surface area contributed by atoms with Crippen molar-refractivity contribution in [1.82, 2.24) is 5.16 Å². The van der Waals surface area contributed by atoms with E-state index in [0.717, 1.165) is 11.1 Å². The number of aromatic nitrogens is 1. The first kappa shape index (κ1) is 12.4. The van der Waals surface area contributed by atoms with Gasteiger partial charge in [-0.1, -0.05) is 17.3 Å². The molecule has 1 unspecified atom stereocenters. The molecule has 0 saturated carbocycles. The summed E-state index contributed by atoms with van der Waals surface area (Å²) >= 11 is 0. The van der Waals surface area contributed by atoms with Gasteiger partial charge in [0.1, 0.15) is 12.3 Å². The van der Waals surface area contributed by atoms with Gasteiger partial charge in [-0.15, -0.1) is 0 Å². The predicted octanol–water partition coefficient (Wildman–Crippen LogP) is 2.21. The molecule has 1 aliphatic heterocycles. The second-order valence-electron chi connectivity index (χ2n) is 4.55. The lowest BCUT2D eigenvalue weighted by Gasteiger charge is -2.02. The predicted molar refractivity (Wildman–Crippen MR) is 70.8 cm³/mol. The van der Waals surface area contributed by atoms with Crippen LogP contribution in [0.4, 0.5) is 0 Å². The van der Waals surface area contributed by atoms with Gasteiger partial charge in [-0.05, 0) is 19.1 Å². The standard InChI is InChI=1S/C14H12N2O4/c1-8-7-19-13(15-8)10-4-2-9(3-5-10)11-6-12(14(17)18)20-16-11/h2-6,8H,7H2,1H3,(H,17,18). The van der Waals surface area contributed by atoms with E-state index >= 15 is 0 Å². The number of carbonyl (C=O) groups is 1. The number of carboxylic acids is 1. The Morgan fingerprint density at radius 3 is 2.55 bits per heavy atom. The Hall–Kier alpha value is -2.63. The number of aliphatic imine (C=N–C) groups is 1. The zero-order valence-corrected chi connectivity index (χ0v) is 10.7. The van der Waals surface area contributed by atoms with Crippen LogP contribution >= 0.6 is 0 Å². The molecule has 20 heavy (non-hydrogen) atoms. The molecule has 0 radical (unpaired) electrons.